The summed E-state index contributed by atoms with van der Waals surface area (Å²) in [5, 5.41) is 0. The van der Waals surface area contributed by atoms with Crippen LogP contribution in [0.3, 0.4) is 0 Å². The molecular formula is C24H29N3O2. The summed E-state index contributed by atoms with van der Waals surface area (Å²) in [5.41, 5.74) is 6.30. The molecule has 0 N–H and O–H groups in total. The van der Waals surface area contributed by atoms with Crippen molar-refractivity contribution in [2.75, 3.05) is 25.7 Å². The van der Waals surface area contributed by atoms with Gasteiger partial charge in [0.1, 0.15) is 17.3 Å². The lowest BCUT2D eigenvalue weighted by molar-refractivity contribution is 0.394. The van der Waals surface area contributed by atoms with Gasteiger partial charge in [0.2, 0.25) is 0 Å². The Hall–Kier alpha value is -3.08. The number of allylic oxidation sites excluding steroid dienone is 2. The Labute approximate surface area is 173 Å². The highest BCUT2D eigenvalue weighted by molar-refractivity contribution is 5.85. The Balaban J connectivity index is 2.16. The van der Waals surface area contributed by atoms with Gasteiger partial charge in [-0.3, -0.25) is 4.98 Å². The average Bonchev–Trinajstić information content (AvgIpc) is 2.76. The van der Waals surface area contributed by atoms with Crippen LogP contribution in [0.15, 0.2) is 42.6 Å². The second kappa shape index (κ2) is 8.95. The van der Waals surface area contributed by atoms with E-state index in [2.05, 4.69) is 36.7 Å². The fourth-order valence-corrected chi connectivity index (χ4v) is 3.43. The van der Waals surface area contributed by atoms with E-state index in [-0.39, 0.29) is 0 Å². The molecule has 0 fully saturated rings. The molecule has 0 saturated carbocycles. The number of pyridine rings is 2. The first kappa shape index (κ1) is 20.6. The SMILES string of the molecule is C/C=C(\C)c1cnc2ccc(N(CCC)c3cc(OC)cc(OC)c3)nc2c1C. The van der Waals surface area contributed by atoms with Crippen molar-refractivity contribution in [3.63, 3.8) is 0 Å². The number of hydrogen-bond acceptors (Lipinski definition) is 5. The van der Waals surface area contributed by atoms with Gasteiger partial charge in [-0.15, -0.1) is 0 Å². The summed E-state index contributed by atoms with van der Waals surface area (Å²) in [7, 11) is 3.33. The number of nitrogens with zero attached hydrogens (tertiary/aromatic N) is 3. The molecule has 3 aromatic rings. The fraction of sp³-hybridized carbons (Fsp3) is 0.333. The second-order valence-electron chi connectivity index (χ2n) is 7.03. The summed E-state index contributed by atoms with van der Waals surface area (Å²) in [5.74, 6) is 2.39. The zero-order chi connectivity index (χ0) is 21.0. The smallest absolute Gasteiger partial charge is 0.133 e. The normalized spacial score (nSPS) is 11.6. The first-order valence-electron chi connectivity index (χ1n) is 9.92. The number of aryl methyl sites for hydroxylation is 1. The van der Waals surface area contributed by atoms with Gasteiger partial charge in [-0.1, -0.05) is 13.0 Å². The molecule has 0 aliphatic rings. The van der Waals surface area contributed by atoms with Gasteiger partial charge in [0.15, 0.2) is 0 Å². The molecule has 1 aromatic carbocycles. The van der Waals surface area contributed by atoms with E-state index in [9.17, 15) is 0 Å². The van der Waals surface area contributed by atoms with E-state index in [4.69, 9.17) is 14.5 Å². The highest BCUT2D eigenvalue weighted by Crippen LogP contribution is 2.33. The molecule has 0 aliphatic carbocycles. The molecule has 5 heteroatoms. The molecule has 0 spiro atoms. The highest BCUT2D eigenvalue weighted by atomic mass is 16.5. The first-order chi connectivity index (χ1) is 14.0. The summed E-state index contributed by atoms with van der Waals surface area (Å²) < 4.78 is 10.9. The molecular weight excluding hydrogens is 362 g/mol. The Kier molecular flexibility index (Phi) is 6.37. The minimum Gasteiger partial charge on any atom is -0.497 e. The van der Waals surface area contributed by atoms with Crippen LogP contribution in [0.4, 0.5) is 11.5 Å². The lowest BCUT2D eigenvalue weighted by Gasteiger charge is -2.25. The Morgan fingerprint density at radius 2 is 1.79 bits per heavy atom. The number of methoxy groups -OCH3 is 2. The quantitative estimate of drug-likeness (QED) is 0.500. The zero-order valence-electron chi connectivity index (χ0n) is 18.1. The number of anilines is 2. The van der Waals surface area contributed by atoms with E-state index >= 15 is 0 Å². The van der Waals surface area contributed by atoms with E-state index in [0.717, 1.165) is 58.1 Å². The predicted octanol–water partition coefficient (Wildman–Crippen LogP) is 5.93. The van der Waals surface area contributed by atoms with Crippen LogP contribution in [0.25, 0.3) is 16.6 Å². The standard InChI is InChI=1S/C24H29N3O2/c1-7-11-27(18-12-19(28-5)14-20(13-18)29-6)23-10-9-22-24(26-23)17(4)21(15-25-22)16(3)8-2/h8-10,12-15H,7,11H2,1-6H3/b16-8+. The molecule has 0 bridgehead atoms. The highest BCUT2D eigenvalue weighted by Gasteiger charge is 2.15. The molecule has 0 amide bonds. The Morgan fingerprint density at radius 1 is 1.10 bits per heavy atom. The number of fused-ring (bicyclic) bond motifs is 1. The number of ether oxygens (including phenoxy) is 2. The lowest BCUT2D eigenvalue weighted by Crippen LogP contribution is -2.19. The van der Waals surface area contributed by atoms with Crippen LogP contribution in [0, 0.1) is 6.92 Å². The number of hydrogen-bond donors (Lipinski definition) is 0. The van der Waals surface area contributed by atoms with E-state index in [1.54, 1.807) is 14.2 Å². The van der Waals surface area contributed by atoms with E-state index in [0.29, 0.717) is 0 Å². The maximum atomic E-state index is 5.46. The van der Waals surface area contributed by atoms with Crippen molar-refractivity contribution in [2.45, 2.75) is 34.1 Å². The van der Waals surface area contributed by atoms with Gasteiger partial charge in [-0.05, 0) is 50.5 Å². The third-order valence-corrected chi connectivity index (χ3v) is 5.18. The van der Waals surface area contributed by atoms with Crippen LogP contribution in [-0.2, 0) is 0 Å². The molecule has 0 atom stereocenters. The minimum atomic E-state index is 0.755. The van der Waals surface area contributed by atoms with Crippen molar-refractivity contribution in [3.8, 4) is 11.5 Å². The number of benzene rings is 1. The number of aromatic nitrogens is 2. The molecule has 5 nitrogen and oxygen atoms in total. The van der Waals surface area contributed by atoms with Crippen LogP contribution < -0.4 is 14.4 Å². The first-order valence-corrected chi connectivity index (χ1v) is 9.92. The summed E-state index contributed by atoms with van der Waals surface area (Å²) in [6, 6.07) is 9.96. The van der Waals surface area contributed by atoms with Gasteiger partial charge in [0.05, 0.1) is 25.3 Å². The zero-order valence-corrected chi connectivity index (χ0v) is 18.1. The lowest BCUT2D eigenvalue weighted by atomic mass is 10.0. The second-order valence-corrected chi connectivity index (χ2v) is 7.03. The van der Waals surface area contributed by atoms with E-state index in [1.807, 2.05) is 43.5 Å². The van der Waals surface area contributed by atoms with Crippen molar-refractivity contribution in [1.82, 2.24) is 9.97 Å². The largest absolute Gasteiger partial charge is 0.497 e. The minimum absolute atomic E-state index is 0.755. The van der Waals surface area contributed by atoms with Crippen LogP contribution in [0.2, 0.25) is 0 Å². The van der Waals surface area contributed by atoms with E-state index < -0.39 is 0 Å². The monoisotopic (exact) mass is 391 g/mol. The van der Waals surface area contributed by atoms with E-state index in [1.165, 1.54) is 5.57 Å². The third-order valence-electron chi connectivity index (χ3n) is 5.18. The van der Waals surface area contributed by atoms with Gasteiger partial charge < -0.3 is 14.4 Å². The van der Waals surface area contributed by atoms with Gasteiger partial charge in [0, 0.05) is 42.2 Å². The van der Waals surface area contributed by atoms with Crippen molar-refractivity contribution < 1.29 is 9.47 Å². The summed E-state index contributed by atoms with van der Waals surface area (Å²) in [4.78, 5) is 11.8. The Morgan fingerprint density at radius 3 is 2.38 bits per heavy atom. The van der Waals surface area contributed by atoms with Crippen LogP contribution in [0.5, 0.6) is 11.5 Å². The average molecular weight is 392 g/mol. The van der Waals surface area contributed by atoms with Crippen LogP contribution >= 0.6 is 0 Å². The molecule has 0 radical (unpaired) electrons. The number of rotatable bonds is 7. The van der Waals surface area contributed by atoms with Crippen molar-refractivity contribution in [3.05, 3.63) is 53.7 Å². The molecule has 2 aromatic heterocycles. The topological polar surface area (TPSA) is 47.5 Å². The third kappa shape index (κ3) is 4.19. The van der Waals surface area contributed by atoms with Gasteiger partial charge >= 0.3 is 0 Å². The molecule has 0 saturated heterocycles. The molecule has 0 unspecified atom stereocenters. The summed E-state index contributed by atoms with van der Waals surface area (Å²) in [6.45, 7) is 9.25. The maximum Gasteiger partial charge on any atom is 0.133 e. The summed E-state index contributed by atoms with van der Waals surface area (Å²) >= 11 is 0. The Bertz CT molecular complexity index is 1020. The maximum absolute atomic E-state index is 5.46. The van der Waals surface area contributed by atoms with Crippen molar-refractivity contribution in [1.29, 1.82) is 0 Å². The van der Waals surface area contributed by atoms with Gasteiger partial charge in [0.25, 0.3) is 0 Å². The molecule has 29 heavy (non-hydrogen) atoms. The van der Waals surface area contributed by atoms with Gasteiger partial charge in [-0.2, -0.15) is 0 Å². The van der Waals surface area contributed by atoms with Gasteiger partial charge in [-0.25, -0.2) is 4.98 Å². The molecule has 152 valence electrons. The molecule has 2 heterocycles. The molecule has 3 rings (SSSR count). The van der Waals surface area contributed by atoms with Crippen molar-refractivity contribution >= 4 is 28.1 Å². The fourth-order valence-electron chi connectivity index (χ4n) is 3.43. The van der Waals surface area contributed by atoms with Crippen molar-refractivity contribution in [2.24, 2.45) is 0 Å². The summed E-state index contributed by atoms with van der Waals surface area (Å²) in [6.07, 6.45) is 5.02. The predicted molar refractivity (Wildman–Crippen MR) is 120 cm³/mol. The van der Waals surface area contributed by atoms with Crippen LogP contribution in [-0.4, -0.2) is 30.7 Å². The molecule has 0 aliphatic heterocycles. The van der Waals surface area contributed by atoms with Crippen LogP contribution in [0.1, 0.15) is 38.3 Å².